The van der Waals surface area contributed by atoms with E-state index in [0.29, 0.717) is 17.4 Å². The van der Waals surface area contributed by atoms with Gasteiger partial charge in [0, 0.05) is 6.42 Å². The smallest absolute Gasteiger partial charge is 0.268 e. The Kier molecular flexibility index (Phi) is 60.2. The molecule has 0 rings (SSSR count). The highest BCUT2D eigenvalue weighted by Crippen LogP contribution is 2.38. The average molecular weight is 1170 g/mol. The Morgan fingerprint density at radius 1 is 0.434 bits per heavy atom. The van der Waals surface area contributed by atoms with Gasteiger partial charge in [0.1, 0.15) is 13.2 Å². The standard InChI is InChI=1S/C74H127N2O6P/c1-6-8-10-12-14-16-18-20-22-24-26-28-30-31-32-33-34-35-36-37-38-39-40-41-42-43-44-45-46-48-50-52-54-56-58-60-62-64-66-68-74(78)75-72(71-82-83(79,80)81-70-69-76(3,4)5)73(77)67-65-63-61-59-57-55-53-51-49-47-29-27-25-23-21-19-17-15-13-11-9-7-2/h8,10,14,16,20,22,26,28,31-32,34-35,37-38,40-41,43-44,49,51,57,59,65,67,72-73,77H,6-7,9,11-13,15,17-19,21,23-25,27,29-30,33,36,39,42,45-48,50,52-56,58,60-64,66,68-71H2,1-5H3,(H-,75,78,79,80)/b10-8-,16-14-,22-20-,28-26-,32-31-,35-34-,38-37-,41-40-,44-43-,51-49+,59-57+,67-65+. The summed E-state index contributed by atoms with van der Waals surface area (Å²) >= 11 is 0. The Labute approximate surface area is 512 Å². The molecule has 0 radical (unpaired) electrons. The molecule has 9 heteroatoms. The average Bonchev–Trinajstić information content (AvgIpc) is 3.50. The van der Waals surface area contributed by atoms with Crippen LogP contribution in [0.1, 0.15) is 264 Å². The van der Waals surface area contributed by atoms with Crippen LogP contribution in [0.2, 0.25) is 0 Å². The molecule has 3 atom stereocenters. The third-order valence-corrected chi connectivity index (χ3v) is 15.2. The minimum atomic E-state index is -4.62. The first-order valence-corrected chi connectivity index (χ1v) is 35.2. The van der Waals surface area contributed by atoms with Crippen LogP contribution in [-0.4, -0.2) is 68.5 Å². The summed E-state index contributed by atoms with van der Waals surface area (Å²) in [4.78, 5) is 25.6. The molecule has 0 aromatic heterocycles. The van der Waals surface area contributed by atoms with E-state index in [-0.39, 0.29) is 12.5 Å². The molecule has 0 aliphatic heterocycles. The fraction of sp³-hybridized carbons (Fsp3) is 0.662. The molecule has 1 amide bonds. The Morgan fingerprint density at radius 3 is 1.12 bits per heavy atom. The van der Waals surface area contributed by atoms with Crippen molar-refractivity contribution in [3.8, 4) is 0 Å². The van der Waals surface area contributed by atoms with Crippen molar-refractivity contribution < 1.29 is 32.9 Å². The van der Waals surface area contributed by atoms with Gasteiger partial charge in [-0.2, -0.15) is 0 Å². The van der Waals surface area contributed by atoms with Gasteiger partial charge in [-0.3, -0.25) is 9.36 Å². The van der Waals surface area contributed by atoms with Crippen LogP contribution in [0.25, 0.3) is 0 Å². The monoisotopic (exact) mass is 1170 g/mol. The van der Waals surface area contributed by atoms with Gasteiger partial charge in [0.15, 0.2) is 0 Å². The number of phosphoric ester groups is 1. The van der Waals surface area contributed by atoms with E-state index in [2.05, 4.69) is 153 Å². The van der Waals surface area contributed by atoms with Crippen molar-refractivity contribution in [1.82, 2.24) is 5.32 Å². The lowest BCUT2D eigenvalue weighted by Crippen LogP contribution is -2.45. The Balaban J connectivity index is 4.17. The minimum Gasteiger partial charge on any atom is -0.756 e. The highest BCUT2D eigenvalue weighted by Gasteiger charge is 2.23. The molecule has 0 fully saturated rings. The van der Waals surface area contributed by atoms with E-state index >= 15 is 0 Å². The number of hydrogen-bond donors (Lipinski definition) is 2. The van der Waals surface area contributed by atoms with Crippen LogP contribution >= 0.6 is 7.82 Å². The van der Waals surface area contributed by atoms with E-state index in [1.54, 1.807) is 6.08 Å². The van der Waals surface area contributed by atoms with Gasteiger partial charge >= 0.3 is 0 Å². The summed E-state index contributed by atoms with van der Waals surface area (Å²) < 4.78 is 23.4. The number of likely N-dealkylation sites (N-methyl/N-ethyl adjacent to an activating group) is 1. The number of quaternary nitrogens is 1. The number of aliphatic hydroxyl groups excluding tert-OH is 1. The van der Waals surface area contributed by atoms with Gasteiger partial charge in [-0.15, -0.1) is 0 Å². The van der Waals surface area contributed by atoms with Gasteiger partial charge in [0.05, 0.1) is 39.9 Å². The summed E-state index contributed by atoms with van der Waals surface area (Å²) in [6, 6.07) is -0.922. The van der Waals surface area contributed by atoms with Crippen molar-refractivity contribution in [3.05, 3.63) is 146 Å². The van der Waals surface area contributed by atoms with E-state index in [4.69, 9.17) is 9.05 Å². The summed E-state index contributed by atoms with van der Waals surface area (Å²) in [5.41, 5.74) is 0. The zero-order valence-corrected chi connectivity index (χ0v) is 55.0. The Hall–Kier alpha value is -3.62. The molecule has 0 aliphatic rings. The molecule has 0 heterocycles. The van der Waals surface area contributed by atoms with Crippen molar-refractivity contribution in [1.29, 1.82) is 0 Å². The van der Waals surface area contributed by atoms with Crippen molar-refractivity contribution in [2.75, 3.05) is 40.9 Å². The summed E-state index contributed by atoms with van der Waals surface area (Å²) in [5, 5.41) is 13.9. The van der Waals surface area contributed by atoms with Gasteiger partial charge in [0.25, 0.3) is 7.82 Å². The van der Waals surface area contributed by atoms with Gasteiger partial charge in [-0.05, 0) is 116 Å². The quantitative estimate of drug-likeness (QED) is 0.0272. The molecule has 0 aliphatic carbocycles. The highest BCUT2D eigenvalue weighted by molar-refractivity contribution is 7.45. The first-order valence-electron chi connectivity index (χ1n) is 33.7. The largest absolute Gasteiger partial charge is 0.756 e. The maximum absolute atomic E-state index is 13.0. The molecule has 0 aromatic rings. The summed E-state index contributed by atoms with van der Waals surface area (Å²) in [7, 11) is 1.22. The number of unbranched alkanes of at least 4 members (excludes halogenated alkanes) is 25. The molecule has 0 aromatic carbocycles. The number of aliphatic hydroxyl groups is 1. The number of amides is 1. The predicted octanol–water partition coefficient (Wildman–Crippen LogP) is 21.0. The minimum absolute atomic E-state index is 0.0160. The lowest BCUT2D eigenvalue weighted by Gasteiger charge is -2.29. The van der Waals surface area contributed by atoms with Crippen molar-refractivity contribution in [2.24, 2.45) is 0 Å². The maximum atomic E-state index is 13.0. The van der Waals surface area contributed by atoms with Crippen LogP contribution in [0.15, 0.2) is 146 Å². The van der Waals surface area contributed by atoms with Crippen molar-refractivity contribution >= 4 is 13.7 Å². The first kappa shape index (κ1) is 79.4. The molecule has 83 heavy (non-hydrogen) atoms. The molecule has 474 valence electrons. The predicted molar refractivity (Wildman–Crippen MR) is 361 cm³/mol. The second kappa shape index (κ2) is 62.9. The van der Waals surface area contributed by atoms with Crippen LogP contribution in [0.4, 0.5) is 0 Å². The normalized spacial score (nSPS) is 14.6. The molecular formula is C74H127N2O6P. The number of hydrogen-bond acceptors (Lipinski definition) is 6. The molecule has 0 spiro atoms. The number of rotatable bonds is 60. The second-order valence-electron chi connectivity index (χ2n) is 23.4. The molecule has 3 unspecified atom stereocenters. The molecule has 8 nitrogen and oxygen atoms in total. The van der Waals surface area contributed by atoms with Gasteiger partial charge in [0.2, 0.25) is 5.91 Å². The van der Waals surface area contributed by atoms with Crippen molar-refractivity contribution in [2.45, 2.75) is 276 Å². The van der Waals surface area contributed by atoms with E-state index in [9.17, 15) is 19.4 Å². The fourth-order valence-corrected chi connectivity index (χ4v) is 9.78. The van der Waals surface area contributed by atoms with Crippen LogP contribution in [0.5, 0.6) is 0 Å². The van der Waals surface area contributed by atoms with E-state index in [0.717, 1.165) is 109 Å². The highest BCUT2D eigenvalue weighted by atomic mass is 31.2. The van der Waals surface area contributed by atoms with Gasteiger partial charge < -0.3 is 28.8 Å². The first-order chi connectivity index (χ1) is 40.5. The van der Waals surface area contributed by atoms with E-state index in [1.165, 1.54) is 135 Å². The topological polar surface area (TPSA) is 108 Å². The van der Waals surface area contributed by atoms with Crippen LogP contribution in [0.3, 0.4) is 0 Å². The van der Waals surface area contributed by atoms with Crippen molar-refractivity contribution in [3.63, 3.8) is 0 Å². The third kappa shape index (κ3) is 65.8. The van der Waals surface area contributed by atoms with Gasteiger partial charge in [-0.25, -0.2) is 0 Å². The Morgan fingerprint density at radius 2 is 0.747 bits per heavy atom. The molecule has 0 saturated heterocycles. The zero-order chi connectivity index (χ0) is 60.5. The number of carbonyl (C=O) groups is 1. The Bertz CT molecular complexity index is 1860. The number of phosphoric acid groups is 1. The molecular weight excluding hydrogens is 1040 g/mol. The SMILES string of the molecule is CC/C=C\C/C=C\C/C=C\C/C=C\C/C=C\C/C=C\C/C=C\C/C=C\C/C=C\CCCCCCCCCCCCCC(=O)NC(COP(=O)([O-])OCC[N+](C)(C)C)C(O)/C=C/CC/C=C/CC/C=C/CCCCCCCCCCCCCC. The van der Waals surface area contributed by atoms with Crippen LogP contribution < -0.4 is 10.2 Å². The zero-order valence-electron chi connectivity index (χ0n) is 54.1. The number of carbonyl (C=O) groups excluding carboxylic acids is 1. The maximum Gasteiger partial charge on any atom is 0.268 e. The number of nitrogens with one attached hydrogen (secondary N) is 1. The van der Waals surface area contributed by atoms with Crippen LogP contribution in [0, 0.1) is 0 Å². The summed E-state index contributed by atoms with van der Waals surface area (Å²) in [6.45, 7) is 4.50. The molecule has 2 N–H and O–H groups in total. The van der Waals surface area contributed by atoms with Crippen LogP contribution in [-0.2, 0) is 18.4 Å². The molecule has 0 saturated carbocycles. The number of allylic oxidation sites excluding steroid dienone is 23. The number of nitrogens with zero attached hydrogens (tertiary/aromatic N) is 1. The summed E-state index contributed by atoms with van der Waals surface area (Å²) in [6.07, 6.45) is 96.7. The summed E-state index contributed by atoms with van der Waals surface area (Å²) in [5.74, 6) is -0.219. The van der Waals surface area contributed by atoms with E-state index < -0.39 is 26.6 Å². The lowest BCUT2D eigenvalue weighted by atomic mass is 10.0. The molecule has 0 bridgehead atoms. The third-order valence-electron chi connectivity index (χ3n) is 14.3. The lowest BCUT2D eigenvalue weighted by molar-refractivity contribution is -0.870. The second-order valence-corrected chi connectivity index (χ2v) is 24.8. The fourth-order valence-electron chi connectivity index (χ4n) is 9.06. The van der Waals surface area contributed by atoms with E-state index in [1.807, 2.05) is 27.2 Å². The van der Waals surface area contributed by atoms with Gasteiger partial charge in [-0.1, -0.05) is 288 Å².